The highest BCUT2D eigenvalue weighted by molar-refractivity contribution is 6.23. The molecule has 8 heterocycles. The van der Waals surface area contributed by atoms with Crippen molar-refractivity contribution in [3.8, 4) is 0 Å². The van der Waals surface area contributed by atoms with Crippen molar-refractivity contribution in [2.24, 2.45) is 0 Å². The molecule has 6 amide bonds. The van der Waals surface area contributed by atoms with Gasteiger partial charge in [-0.2, -0.15) is 4.98 Å². The summed E-state index contributed by atoms with van der Waals surface area (Å²) >= 11 is 0. The lowest BCUT2D eigenvalue weighted by atomic mass is 10.0. The van der Waals surface area contributed by atoms with E-state index < -0.39 is 29.7 Å². The van der Waals surface area contributed by atoms with Gasteiger partial charge in [-0.05, 0) is 81.8 Å². The zero-order valence-electron chi connectivity index (χ0n) is 37.3. The Balaban J connectivity index is 0.689. The van der Waals surface area contributed by atoms with Gasteiger partial charge in [-0.3, -0.25) is 48.5 Å². The van der Waals surface area contributed by atoms with Gasteiger partial charge in [-0.25, -0.2) is 14.8 Å². The normalized spacial score (nSPS) is 21.2. The van der Waals surface area contributed by atoms with Gasteiger partial charge < -0.3 is 24.9 Å². The van der Waals surface area contributed by atoms with Gasteiger partial charge in [0.05, 0.1) is 28.6 Å². The van der Waals surface area contributed by atoms with Crippen LogP contribution < -0.4 is 26.0 Å². The molecule has 6 aliphatic rings. The average molecular weight is 899 g/mol. The Hall–Kier alpha value is -6.76. The minimum Gasteiger partial charge on any atom is -0.369 e. The molecule has 0 bridgehead atoms. The monoisotopic (exact) mass is 898 g/mol. The van der Waals surface area contributed by atoms with Crippen LogP contribution in [0.25, 0.3) is 11.0 Å². The fourth-order valence-electron chi connectivity index (χ4n) is 10.8. The van der Waals surface area contributed by atoms with Gasteiger partial charge in [0.15, 0.2) is 5.78 Å². The molecule has 2 N–H and O–H groups in total. The van der Waals surface area contributed by atoms with Crippen molar-refractivity contribution in [1.82, 2.24) is 44.4 Å². The van der Waals surface area contributed by atoms with Crippen LogP contribution in [0.5, 0.6) is 0 Å². The molecule has 0 radical (unpaired) electrons. The van der Waals surface area contributed by atoms with Crippen molar-refractivity contribution in [1.29, 1.82) is 0 Å². The fourth-order valence-corrected chi connectivity index (χ4v) is 10.8. The number of carbonyl (C=O) groups is 6. The number of hydrogen-bond acceptors (Lipinski definition) is 14. The molecule has 19 nitrogen and oxygen atoms in total. The third kappa shape index (κ3) is 7.92. The molecule has 5 fully saturated rings. The number of rotatable bonds is 8. The second kappa shape index (κ2) is 17.6. The van der Waals surface area contributed by atoms with E-state index in [1.807, 2.05) is 28.0 Å². The van der Waals surface area contributed by atoms with Gasteiger partial charge in [0.1, 0.15) is 17.5 Å². The Morgan fingerprint density at radius 2 is 1.38 bits per heavy atom. The van der Waals surface area contributed by atoms with Crippen molar-refractivity contribution in [2.45, 2.75) is 83.3 Å². The number of ketones is 1. The maximum Gasteiger partial charge on any atom is 0.320 e. The number of imide groups is 2. The molecule has 4 saturated heterocycles. The number of anilines is 4. The number of fused-ring (bicyclic) bond motifs is 2. The highest BCUT2D eigenvalue weighted by Gasteiger charge is 2.45. The highest BCUT2D eigenvalue weighted by Crippen LogP contribution is 2.34. The smallest absolute Gasteiger partial charge is 0.320 e. The SMILES string of the molecule is CC(=O)c1c(C)c2cnc(Nc3ccc(N4CCN(C(=O)N5CCC(N6CCN(c7ccc8c(c7)C(=O)N(C7CCC(=O)NC7=O)C8=O)CC6)CC5)CC4)cn3)nc2n(C2CCCC2)c1=O. The van der Waals surface area contributed by atoms with E-state index >= 15 is 0 Å². The molecule has 1 saturated carbocycles. The lowest BCUT2D eigenvalue weighted by molar-refractivity contribution is -0.136. The molecule has 1 atom stereocenters. The second-order valence-electron chi connectivity index (χ2n) is 18.3. The van der Waals surface area contributed by atoms with E-state index in [-0.39, 0.29) is 52.9 Å². The minimum atomic E-state index is -0.991. The summed E-state index contributed by atoms with van der Waals surface area (Å²) in [5.74, 6) is -1.41. The van der Waals surface area contributed by atoms with Gasteiger partial charge in [0.2, 0.25) is 17.8 Å². The number of Topliss-reactive ketones (excluding diaryl/α,β-unsaturated/α-hetero) is 1. The predicted octanol–water partition coefficient (Wildman–Crippen LogP) is 3.49. The first-order valence-corrected chi connectivity index (χ1v) is 23.2. The molecular weight excluding hydrogens is 845 g/mol. The zero-order chi connectivity index (χ0) is 45.8. The van der Waals surface area contributed by atoms with Gasteiger partial charge in [-0.1, -0.05) is 12.8 Å². The maximum atomic E-state index is 13.7. The lowest BCUT2D eigenvalue weighted by Crippen LogP contribution is -2.57. The summed E-state index contributed by atoms with van der Waals surface area (Å²) in [5.41, 5.74) is 3.40. The number of benzene rings is 1. The van der Waals surface area contributed by atoms with E-state index in [0.717, 1.165) is 81.0 Å². The van der Waals surface area contributed by atoms with E-state index in [0.29, 0.717) is 73.7 Å². The molecule has 1 unspecified atom stereocenters. The molecule has 5 aliphatic heterocycles. The van der Waals surface area contributed by atoms with Crippen LogP contribution in [0, 0.1) is 6.92 Å². The zero-order valence-corrected chi connectivity index (χ0v) is 37.3. The molecule has 4 aromatic rings. The van der Waals surface area contributed by atoms with E-state index in [9.17, 15) is 33.6 Å². The molecule has 66 heavy (non-hydrogen) atoms. The van der Waals surface area contributed by atoms with E-state index in [1.54, 1.807) is 36.0 Å². The number of piperidine rings is 2. The molecule has 19 heteroatoms. The van der Waals surface area contributed by atoms with Crippen molar-refractivity contribution in [3.05, 3.63) is 75.3 Å². The van der Waals surface area contributed by atoms with Crippen molar-refractivity contribution >= 4 is 69.6 Å². The molecule has 344 valence electrons. The van der Waals surface area contributed by atoms with Crippen LogP contribution in [-0.2, 0) is 9.59 Å². The topological polar surface area (TPSA) is 207 Å². The molecule has 1 aliphatic carbocycles. The summed E-state index contributed by atoms with van der Waals surface area (Å²) in [6, 6.07) is 8.59. The summed E-state index contributed by atoms with van der Waals surface area (Å²) in [5, 5.41) is 6.13. The first kappa shape index (κ1) is 43.1. The molecule has 1 aromatic carbocycles. The number of urea groups is 1. The third-order valence-corrected chi connectivity index (χ3v) is 14.5. The van der Waals surface area contributed by atoms with Gasteiger partial charge in [0.25, 0.3) is 17.4 Å². The van der Waals surface area contributed by atoms with Gasteiger partial charge in [0, 0.05) is 101 Å². The number of piperazine rings is 2. The maximum absolute atomic E-state index is 13.7. The van der Waals surface area contributed by atoms with Crippen LogP contribution in [0.2, 0.25) is 0 Å². The highest BCUT2D eigenvalue weighted by atomic mass is 16.2. The lowest BCUT2D eigenvalue weighted by Gasteiger charge is -2.44. The first-order valence-electron chi connectivity index (χ1n) is 23.2. The Kier molecular flexibility index (Phi) is 11.5. The van der Waals surface area contributed by atoms with Crippen molar-refractivity contribution in [3.63, 3.8) is 0 Å². The fraction of sp³-hybridized carbons (Fsp3) is 0.489. The number of hydrogen-bond donors (Lipinski definition) is 2. The minimum absolute atomic E-state index is 0.0103. The van der Waals surface area contributed by atoms with Crippen molar-refractivity contribution < 1.29 is 28.8 Å². The van der Waals surface area contributed by atoms with E-state index in [1.165, 1.54) is 6.92 Å². The number of nitrogens with one attached hydrogen (secondary N) is 2. The number of nitrogens with zero attached hydrogens (tertiary/aromatic N) is 10. The standard InChI is InChI=1S/C47H54N12O7/c1-28-36-27-49-46(52-41(36)58(31-5-3-4-6-31)45(65)40(28)29(2)60)50-38-11-8-33(26-48-38)55-21-23-57(24-22-55)47(66)56-15-13-30(14-16-56)53-17-19-54(20-18-53)32-7-9-34-35(25-32)44(64)59(43(34)63)37-10-12-39(61)51-42(37)62/h7-9,11,25-27,30-31,37H,3-6,10,12-24H2,1-2H3,(H,51,61,62)(H,48,49,50,52). The summed E-state index contributed by atoms with van der Waals surface area (Å²) in [7, 11) is 0. The van der Waals surface area contributed by atoms with Crippen LogP contribution in [0.15, 0.2) is 47.5 Å². The van der Waals surface area contributed by atoms with E-state index in [2.05, 4.69) is 35.3 Å². The Morgan fingerprint density at radius 1 is 0.712 bits per heavy atom. The Morgan fingerprint density at radius 3 is 2.06 bits per heavy atom. The number of aromatic nitrogens is 4. The van der Waals surface area contributed by atoms with Crippen molar-refractivity contribution in [2.75, 3.05) is 80.6 Å². The summed E-state index contributed by atoms with van der Waals surface area (Å²) in [6.45, 7) is 10.4. The van der Waals surface area contributed by atoms with Gasteiger partial charge in [-0.15, -0.1) is 0 Å². The molecule has 0 spiro atoms. The van der Waals surface area contributed by atoms with Gasteiger partial charge >= 0.3 is 6.03 Å². The largest absolute Gasteiger partial charge is 0.369 e. The van der Waals surface area contributed by atoms with Crippen LogP contribution in [0.1, 0.15) is 101 Å². The molecule has 3 aromatic heterocycles. The van der Waals surface area contributed by atoms with Crippen LogP contribution in [0.3, 0.4) is 0 Å². The van der Waals surface area contributed by atoms with E-state index in [4.69, 9.17) is 4.98 Å². The first-order chi connectivity index (χ1) is 31.9. The third-order valence-electron chi connectivity index (χ3n) is 14.5. The number of likely N-dealkylation sites (tertiary alicyclic amines) is 1. The van der Waals surface area contributed by atoms with Crippen LogP contribution in [0.4, 0.5) is 27.9 Å². The quantitative estimate of drug-likeness (QED) is 0.192. The summed E-state index contributed by atoms with van der Waals surface area (Å²) < 4.78 is 1.70. The van der Waals surface area contributed by atoms with Crippen LogP contribution >= 0.6 is 0 Å². The summed E-state index contributed by atoms with van der Waals surface area (Å²) in [6.07, 6.45) is 9.26. The second-order valence-corrected chi connectivity index (χ2v) is 18.3. The number of aryl methyl sites for hydroxylation is 1. The number of pyridine rings is 2. The van der Waals surface area contributed by atoms with Crippen LogP contribution in [-0.4, -0.2) is 152 Å². The Labute approximate surface area is 381 Å². The molecule has 10 rings (SSSR count). The number of carbonyl (C=O) groups excluding carboxylic acids is 6. The number of amides is 6. The summed E-state index contributed by atoms with van der Waals surface area (Å²) in [4.78, 5) is 116. The predicted molar refractivity (Wildman–Crippen MR) is 244 cm³/mol. The molecular formula is C47H54N12O7. The average Bonchev–Trinajstić information content (AvgIpc) is 3.95. The Bertz CT molecular complexity index is 2690.